The average Bonchev–Trinajstić information content (AvgIpc) is 3.10. The van der Waals surface area contributed by atoms with Gasteiger partial charge < -0.3 is 15.0 Å². The number of hydrogen-bond acceptors (Lipinski definition) is 4. The molecule has 1 N–H and O–H groups in total. The van der Waals surface area contributed by atoms with E-state index in [0.29, 0.717) is 19.1 Å². The van der Waals surface area contributed by atoms with Crippen LogP contribution in [0.2, 0.25) is 0 Å². The van der Waals surface area contributed by atoms with E-state index in [1.165, 1.54) is 23.3 Å². The number of methoxy groups -OCH3 is 1. The van der Waals surface area contributed by atoms with Crippen molar-refractivity contribution in [3.05, 3.63) is 64.6 Å². The number of anilines is 1. The second-order valence-electron chi connectivity index (χ2n) is 7.39. The van der Waals surface area contributed by atoms with E-state index < -0.39 is 0 Å². The number of benzene rings is 1. The van der Waals surface area contributed by atoms with E-state index in [1.54, 1.807) is 14.0 Å². The van der Waals surface area contributed by atoms with Crippen molar-refractivity contribution in [2.45, 2.75) is 51.7 Å². The summed E-state index contributed by atoms with van der Waals surface area (Å²) in [4.78, 5) is 15.8. The average molecular weight is 399 g/mol. The Balaban J connectivity index is 1.83. The van der Waals surface area contributed by atoms with Gasteiger partial charge in [0.1, 0.15) is 6.17 Å². The lowest BCUT2D eigenvalue weighted by molar-refractivity contribution is -0.130. The molecule has 2 unspecified atom stereocenters. The third-order valence-electron chi connectivity index (χ3n) is 5.22. The van der Waals surface area contributed by atoms with Crippen molar-refractivity contribution >= 4 is 22.2 Å². The summed E-state index contributed by atoms with van der Waals surface area (Å²) >= 11 is 1.83. The maximum absolute atomic E-state index is 12.5. The minimum absolute atomic E-state index is 0.0399. The molecule has 4 nitrogen and oxygen atoms in total. The highest BCUT2D eigenvalue weighted by Gasteiger charge is 2.23. The number of rotatable bonds is 8. The van der Waals surface area contributed by atoms with Gasteiger partial charge in [0.25, 0.3) is 0 Å². The number of hydrogen-bond donors (Lipinski definition) is 1. The van der Waals surface area contributed by atoms with Crippen molar-refractivity contribution in [2.24, 2.45) is 0 Å². The van der Waals surface area contributed by atoms with Gasteiger partial charge in [0.15, 0.2) is 0 Å². The monoisotopic (exact) mass is 398 g/mol. The van der Waals surface area contributed by atoms with Gasteiger partial charge in [-0.15, -0.1) is 11.3 Å². The molecule has 0 bridgehead atoms. The van der Waals surface area contributed by atoms with Crippen LogP contribution in [-0.4, -0.2) is 30.7 Å². The van der Waals surface area contributed by atoms with Gasteiger partial charge in [-0.2, -0.15) is 0 Å². The largest absolute Gasteiger partial charge is 0.381 e. The summed E-state index contributed by atoms with van der Waals surface area (Å²) in [5, 5.41) is 4.73. The predicted octanol–water partition coefficient (Wildman–Crippen LogP) is 5.18. The van der Waals surface area contributed by atoms with E-state index >= 15 is 0 Å². The molecule has 1 aromatic heterocycles. The third kappa shape index (κ3) is 5.24. The fourth-order valence-electron chi connectivity index (χ4n) is 3.69. The molecule has 1 aromatic carbocycles. The molecule has 150 valence electrons. The van der Waals surface area contributed by atoms with Crippen LogP contribution < -0.4 is 5.32 Å². The molecule has 3 rings (SSSR count). The number of carbonyl (C=O) groups excluding carboxylic acids is 1. The van der Waals surface area contributed by atoms with Crippen LogP contribution in [0.1, 0.15) is 48.6 Å². The fourth-order valence-corrected chi connectivity index (χ4v) is 4.95. The maximum Gasteiger partial charge on any atom is 0.221 e. The highest BCUT2D eigenvalue weighted by Crippen LogP contribution is 2.39. The molecule has 0 spiro atoms. The Morgan fingerprint density at radius 3 is 2.86 bits per heavy atom. The van der Waals surface area contributed by atoms with E-state index in [2.05, 4.69) is 30.4 Å². The summed E-state index contributed by atoms with van der Waals surface area (Å²) < 4.78 is 5.17. The molecule has 1 aliphatic rings. The molecular formula is C23H30N2O2S. The number of aryl methyl sites for hydroxylation is 1. The lowest BCUT2D eigenvalue weighted by Crippen LogP contribution is -2.42. The molecule has 2 aromatic rings. The van der Waals surface area contributed by atoms with Crippen LogP contribution in [0.3, 0.4) is 0 Å². The van der Waals surface area contributed by atoms with E-state index in [-0.39, 0.29) is 12.1 Å². The Hall–Kier alpha value is -2.11. The van der Waals surface area contributed by atoms with Gasteiger partial charge in [-0.1, -0.05) is 43.3 Å². The Kier molecular flexibility index (Phi) is 7.29. The molecule has 1 heterocycles. The highest BCUT2D eigenvalue weighted by atomic mass is 32.1. The minimum atomic E-state index is -0.219. The molecular weight excluding hydrogens is 368 g/mol. The van der Waals surface area contributed by atoms with E-state index in [9.17, 15) is 4.79 Å². The number of nitrogens with zero attached hydrogens (tertiary/aromatic N) is 1. The smallest absolute Gasteiger partial charge is 0.221 e. The van der Waals surface area contributed by atoms with Crippen molar-refractivity contribution in [1.82, 2.24) is 4.90 Å². The first-order chi connectivity index (χ1) is 13.6. The van der Waals surface area contributed by atoms with Crippen LogP contribution in [-0.2, 0) is 22.5 Å². The zero-order valence-corrected chi connectivity index (χ0v) is 17.8. The lowest BCUT2D eigenvalue weighted by atomic mass is 9.89. The fraction of sp³-hybridized carbons (Fsp3) is 0.435. The number of amides is 1. The topological polar surface area (TPSA) is 41.6 Å². The molecule has 0 fully saturated rings. The van der Waals surface area contributed by atoms with E-state index in [1.807, 2.05) is 46.6 Å². The van der Waals surface area contributed by atoms with Gasteiger partial charge in [-0.05, 0) is 48.4 Å². The lowest BCUT2D eigenvalue weighted by Gasteiger charge is -2.30. The van der Waals surface area contributed by atoms with Crippen LogP contribution in [0.5, 0.6) is 0 Å². The van der Waals surface area contributed by atoms with Gasteiger partial charge in [0.05, 0.1) is 11.6 Å². The van der Waals surface area contributed by atoms with Gasteiger partial charge in [-0.25, -0.2) is 0 Å². The van der Waals surface area contributed by atoms with Gasteiger partial charge in [-0.3, -0.25) is 4.79 Å². The zero-order valence-electron chi connectivity index (χ0n) is 17.0. The number of ether oxygens (including phenoxy) is 1. The molecule has 0 radical (unpaired) electrons. The quantitative estimate of drug-likeness (QED) is 0.492. The van der Waals surface area contributed by atoms with E-state index in [4.69, 9.17) is 4.74 Å². The number of carbonyl (C=O) groups is 1. The zero-order chi connectivity index (χ0) is 19.9. The Morgan fingerprint density at radius 2 is 2.18 bits per heavy atom. The van der Waals surface area contributed by atoms with Crippen LogP contribution in [0.25, 0.3) is 0 Å². The molecule has 0 saturated heterocycles. The summed E-state index contributed by atoms with van der Waals surface area (Å²) in [5.41, 5.74) is 2.58. The van der Waals surface area contributed by atoms with Crippen molar-refractivity contribution in [3.63, 3.8) is 0 Å². The molecule has 2 atom stereocenters. The van der Waals surface area contributed by atoms with Gasteiger partial charge in [0, 0.05) is 25.5 Å². The molecule has 1 amide bonds. The molecule has 1 aliphatic carbocycles. The van der Waals surface area contributed by atoms with Gasteiger partial charge >= 0.3 is 0 Å². The second kappa shape index (κ2) is 9.89. The number of thiophene rings is 1. The van der Waals surface area contributed by atoms with Crippen molar-refractivity contribution in [1.29, 1.82) is 0 Å². The first-order valence-electron chi connectivity index (χ1n) is 9.94. The summed E-state index contributed by atoms with van der Waals surface area (Å²) in [6.07, 6.45) is 7.46. The number of fused-ring (bicyclic) bond motifs is 1. The van der Waals surface area contributed by atoms with Crippen LogP contribution in [0.15, 0.2) is 48.6 Å². The normalized spacial score (nSPS) is 17.3. The van der Waals surface area contributed by atoms with Gasteiger partial charge in [0.2, 0.25) is 5.91 Å². The Morgan fingerprint density at radius 1 is 1.39 bits per heavy atom. The van der Waals surface area contributed by atoms with Crippen LogP contribution in [0.4, 0.5) is 5.00 Å². The first-order valence-corrected chi connectivity index (χ1v) is 10.8. The molecule has 28 heavy (non-hydrogen) atoms. The summed E-state index contributed by atoms with van der Waals surface area (Å²) in [5.74, 6) is 0.657. The Labute approximate surface area is 172 Å². The minimum Gasteiger partial charge on any atom is -0.381 e. The summed E-state index contributed by atoms with van der Waals surface area (Å²) in [6, 6.07) is 12.4. The number of nitrogens with one attached hydrogen (secondary N) is 1. The van der Waals surface area contributed by atoms with Crippen molar-refractivity contribution < 1.29 is 9.53 Å². The molecule has 5 heteroatoms. The standard InChI is InChI=1S/C23H30N2O2S/c1-17-9-7-12-21-20(17)15-23(28-21)24-22(13-8-14-27-3)25(18(2)26)16-19-10-5-4-6-11-19/h4-6,8,10-11,13,15,17,22,24H,7,9,12,14,16H2,1-3H3/b13-8+. The highest BCUT2D eigenvalue weighted by molar-refractivity contribution is 7.16. The first kappa shape index (κ1) is 20.6. The van der Waals surface area contributed by atoms with Crippen LogP contribution in [0, 0.1) is 0 Å². The SMILES string of the molecule is COC/C=C/C(Nc1cc2c(s1)CCCC2C)N(Cc1ccccc1)C(C)=O. The maximum atomic E-state index is 12.5. The van der Waals surface area contributed by atoms with Crippen molar-refractivity contribution in [2.75, 3.05) is 19.0 Å². The van der Waals surface area contributed by atoms with E-state index in [0.717, 1.165) is 17.0 Å². The third-order valence-corrected chi connectivity index (χ3v) is 6.36. The molecule has 0 aliphatic heterocycles. The predicted molar refractivity (Wildman–Crippen MR) is 117 cm³/mol. The van der Waals surface area contributed by atoms with Crippen LogP contribution >= 0.6 is 11.3 Å². The Bertz CT molecular complexity index is 800. The molecule has 0 saturated carbocycles. The van der Waals surface area contributed by atoms with Crippen molar-refractivity contribution in [3.8, 4) is 0 Å². The summed E-state index contributed by atoms with van der Waals surface area (Å²) in [6.45, 7) is 5.02. The summed E-state index contributed by atoms with van der Waals surface area (Å²) in [7, 11) is 1.67. The second-order valence-corrected chi connectivity index (χ2v) is 8.52.